The summed E-state index contributed by atoms with van der Waals surface area (Å²) in [6, 6.07) is 47.6. The van der Waals surface area contributed by atoms with Crippen LogP contribution in [0.15, 0.2) is 152 Å². The molecule has 1 aliphatic carbocycles. The number of benzene rings is 5. The number of rotatable bonds is 5. The van der Waals surface area contributed by atoms with Gasteiger partial charge in [-0.2, -0.15) is 0 Å². The maximum Gasteiger partial charge on any atom is 0.0730 e. The number of hydrogen-bond acceptors (Lipinski definition) is 1. The van der Waals surface area contributed by atoms with Crippen LogP contribution in [0.1, 0.15) is 61.3 Å². The largest absolute Gasteiger partial charge is 0.314 e. The van der Waals surface area contributed by atoms with Gasteiger partial charge in [-0.1, -0.05) is 141 Å². The number of aromatic nitrogens is 2. The normalized spacial score (nSPS) is 11.8. The molecule has 0 N–H and O–H groups in total. The lowest BCUT2D eigenvalue weighted by molar-refractivity contribution is 1.04. The van der Waals surface area contributed by atoms with Gasteiger partial charge in [0.25, 0.3) is 0 Å². The quantitative estimate of drug-likeness (QED) is 0.167. The van der Waals surface area contributed by atoms with Gasteiger partial charge in [0, 0.05) is 16.6 Å². The van der Waals surface area contributed by atoms with Crippen molar-refractivity contribution in [3.05, 3.63) is 185 Å². The Morgan fingerprint density at radius 1 is 0.647 bits per heavy atom. The van der Waals surface area contributed by atoms with Crippen LogP contribution in [0, 0.1) is 20.8 Å². The molecule has 254 valence electrons. The summed E-state index contributed by atoms with van der Waals surface area (Å²) in [6.07, 6.45) is 7.34. The summed E-state index contributed by atoms with van der Waals surface area (Å²) in [5.41, 5.74) is 19.0. The molecule has 0 fully saturated rings. The van der Waals surface area contributed by atoms with E-state index in [-0.39, 0.29) is 0 Å². The molecule has 0 radical (unpaired) electrons. The van der Waals surface area contributed by atoms with Crippen LogP contribution in [0.2, 0.25) is 0 Å². The second kappa shape index (κ2) is 15.9. The highest BCUT2D eigenvalue weighted by Gasteiger charge is 2.23. The van der Waals surface area contributed by atoms with Crippen molar-refractivity contribution in [2.45, 2.75) is 54.9 Å². The maximum absolute atomic E-state index is 4.98. The van der Waals surface area contributed by atoms with Crippen molar-refractivity contribution in [2.24, 2.45) is 0 Å². The number of pyridine rings is 1. The smallest absolute Gasteiger partial charge is 0.0730 e. The van der Waals surface area contributed by atoms with E-state index in [1.165, 1.54) is 61.1 Å². The molecule has 2 heterocycles. The molecule has 2 heteroatoms. The summed E-state index contributed by atoms with van der Waals surface area (Å²) < 4.78 is 2.32. The van der Waals surface area contributed by atoms with Gasteiger partial charge in [-0.3, -0.25) is 0 Å². The molecule has 2 nitrogen and oxygen atoms in total. The molecule has 1 aliphatic rings. The molecule has 0 atom stereocenters. The van der Waals surface area contributed by atoms with E-state index in [9.17, 15) is 0 Å². The van der Waals surface area contributed by atoms with Crippen LogP contribution >= 0.6 is 0 Å². The van der Waals surface area contributed by atoms with Crippen LogP contribution in [0.5, 0.6) is 0 Å². The molecule has 2 aromatic heterocycles. The van der Waals surface area contributed by atoms with Gasteiger partial charge in [0.1, 0.15) is 0 Å². The van der Waals surface area contributed by atoms with E-state index in [1.807, 2.05) is 26.8 Å². The van der Waals surface area contributed by atoms with Crippen molar-refractivity contribution in [3.8, 4) is 39.2 Å². The molecule has 0 aliphatic heterocycles. The summed E-state index contributed by atoms with van der Waals surface area (Å²) in [4.78, 5) is 4.98. The van der Waals surface area contributed by atoms with Gasteiger partial charge in [0.15, 0.2) is 0 Å². The van der Waals surface area contributed by atoms with Gasteiger partial charge in [0.2, 0.25) is 0 Å². The summed E-state index contributed by atoms with van der Waals surface area (Å²) in [7, 11) is 0. The lowest BCUT2D eigenvalue weighted by Crippen LogP contribution is -2.01. The molecular formula is C49H48N2. The fraction of sp³-hybridized carbons (Fsp3) is 0.163. The predicted octanol–water partition coefficient (Wildman–Crippen LogP) is 13.5. The summed E-state index contributed by atoms with van der Waals surface area (Å²) in [6.45, 7) is 14.7. The topological polar surface area (TPSA) is 17.8 Å². The molecule has 7 aromatic rings. The molecule has 0 spiro atoms. The van der Waals surface area contributed by atoms with Crippen LogP contribution in [0.3, 0.4) is 0 Å². The number of para-hydroxylation sites is 1. The third-order valence-electron chi connectivity index (χ3n) is 9.60. The SMILES string of the molecule is C/C=C\C(=C/C)c1cc(-n2c(C)cc3ccccc32)cc(-c2ccccc2)n1.CC.Cc1ccccc1-c1c(C)ccc2c1Cc1ccccc1-2. The van der Waals surface area contributed by atoms with Gasteiger partial charge < -0.3 is 4.57 Å². The van der Waals surface area contributed by atoms with E-state index in [4.69, 9.17) is 4.98 Å². The van der Waals surface area contributed by atoms with Gasteiger partial charge in [-0.05, 0) is 115 Å². The lowest BCUT2D eigenvalue weighted by Gasteiger charge is -2.14. The minimum Gasteiger partial charge on any atom is -0.314 e. The second-order valence-corrected chi connectivity index (χ2v) is 12.8. The number of fused-ring (bicyclic) bond motifs is 4. The maximum atomic E-state index is 4.98. The van der Waals surface area contributed by atoms with Crippen molar-refractivity contribution in [2.75, 3.05) is 0 Å². The first-order valence-corrected chi connectivity index (χ1v) is 18.2. The highest BCUT2D eigenvalue weighted by molar-refractivity contribution is 5.87. The fourth-order valence-electron chi connectivity index (χ4n) is 7.25. The second-order valence-electron chi connectivity index (χ2n) is 12.8. The third-order valence-corrected chi connectivity index (χ3v) is 9.60. The molecule has 0 bridgehead atoms. The first-order chi connectivity index (χ1) is 25.0. The lowest BCUT2D eigenvalue weighted by atomic mass is 9.89. The molecule has 0 amide bonds. The summed E-state index contributed by atoms with van der Waals surface area (Å²) in [5, 5.41) is 1.25. The monoisotopic (exact) mass is 664 g/mol. The Labute approximate surface area is 304 Å². The Balaban J connectivity index is 0.000000173. The minimum atomic E-state index is 0.981. The number of nitrogens with zero attached hydrogens (tertiary/aromatic N) is 2. The first-order valence-electron chi connectivity index (χ1n) is 18.2. The Hall–Kier alpha value is -5.73. The van der Waals surface area contributed by atoms with E-state index < -0.39 is 0 Å². The first kappa shape index (κ1) is 35.1. The highest BCUT2D eigenvalue weighted by Crippen LogP contribution is 2.43. The predicted molar refractivity (Wildman–Crippen MR) is 221 cm³/mol. The zero-order valence-electron chi connectivity index (χ0n) is 31.0. The number of hydrogen-bond donors (Lipinski definition) is 0. The van der Waals surface area contributed by atoms with E-state index in [1.54, 1.807) is 0 Å². The van der Waals surface area contributed by atoms with Crippen LogP contribution in [0.25, 0.3) is 55.7 Å². The Morgan fingerprint density at radius 2 is 1.33 bits per heavy atom. The Bertz CT molecular complexity index is 2350. The average Bonchev–Trinajstić information content (AvgIpc) is 3.72. The van der Waals surface area contributed by atoms with Crippen LogP contribution in [-0.4, -0.2) is 9.55 Å². The van der Waals surface area contributed by atoms with Crippen molar-refractivity contribution in [3.63, 3.8) is 0 Å². The van der Waals surface area contributed by atoms with Crippen molar-refractivity contribution < 1.29 is 0 Å². The third kappa shape index (κ3) is 7.14. The minimum absolute atomic E-state index is 0.981. The van der Waals surface area contributed by atoms with E-state index >= 15 is 0 Å². The van der Waals surface area contributed by atoms with Crippen LogP contribution in [-0.2, 0) is 6.42 Å². The van der Waals surface area contributed by atoms with E-state index in [0.717, 1.165) is 34.6 Å². The van der Waals surface area contributed by atoms with Gasteiger partial charge in [0.05, 0.1) is 22.6 Å². The van der Waals surface area contributed by atoms with Gasteiger partial charge in [-0.25, -0.2) is 4.98 Å². The van der Waals surface area contributed by atoms with Crippen molar-refractivity contribution >= 4 is 16.5 Å². The van der Waals surface area contributed by atoms with Crippen LogP contribution in [0.4, 0.5) is 0 Å². The summed E-state index contributed by atoms with van der Waals surface area (Å²) in [5.74, 6) is 0. The van der Waals surface area contributed by atoms with Crippen LogP contribution < -0.4 is 0 Å². The molecule has 0 saturated heterocycles. The molecule has 51 heavy (non-hydrogen) atoms. The van der Waals surface area contributed by atoms with Crippen molar-refractivity contribution in [1.82, 2.24) is 9.55 Å². The van der Waals surface area contributed by atoms with Gasteiger partial charge >= 0.3 is 0 Å². The number of allylic oxidation sites excluding steroid dienone is 4. The zero-order valence-corrected chi connectivity index (χ0v) is 31.0. The molecule has 5 aromatic carbocycles. The molecule has 0 saturated carbocycles. The van der Waals surface area contributed by atoms with Gasteiger partial charge in [-0.15, -0.1) is 0 Å². The van der Waals surface area contributed by atoms with Crippen molar-refractivity contribution in [1.29, 1.82) is 0 Å². The molecule has 0 unspecified atom stereocenters. The molecule has 8 rings (SSSR count). The van der Waals surface area contributed by atoms with E-state index in [0.29, 0.717) is 0 Å². The Morgan fingerprint density at radius 3 is 2.08 bits per heavy atom. The fourth-order valence-corrected chi connectivity index (χ4v) is 7.25. The standard InChI is InChI=1S/C26H24N2.C21H18.C2H6/c1-4-11-20(5-2)24-17-23(18-25(27-24)21-12-7-6-8-13-21)28-19(3)16-22-14-9-10-15-26(22)28;1-14-7-3-5-9-17(14)21-15(2)11-12-19-18-10-6-4-8-16(18)13-20(19)21;1-2/h4-18H,1-3H3;3-12H,13H2,1-2H3;1-2H3/b11-4-,20-5+;;. The summed E-state index contributed by atoms with van der Waals surface area (Å²) >= 11 is 0. The average molecular weight is 665 g/mol. The molecular weight excluding hydrogens is 617 g/mol. The number of aryl methyl sites for hydroxylation is 3. The Kier molecular flexibility index (Phi) is 10.9. The zero-order chi connectivity index (χ0) is 35.9. The van der Waals surface area contributed by atoms with E-state index in [2.05, 4.69) is 178 Å². The highest BCUT2D eigenvalue weighted by atomic mass is 15.0.